The largest absolute Gasteiger partial charge is 0.309 e. The average Bonchev–Trinajstić information content (AvgIpc) is 3.61. The third-order valence-electron chi connectivity index (χ3n) is 10.3. The minimum atomic E-state index is 0.612. The van der Waals surface area contributed by atoms with E-state index in [4.69, 9.17) is 15.0 Å². The first kappa shape index (κ1) is 32.2. The molecule has 0 amide bonds. The molecule has 0 spiro atoms. The first-order valence-corrected chi connectivity index (χ1v) is 18.5. The molecule has 8 aromatic carbocycles. The maximum absolute atomic E-state index is 5.18. The standard InChI is InChI=1S/C51H34N4/c1-4-16-35(17-5-1)36-28-30-39(31-29-36)50-52-49(38-20-8-3-9-21-38)53-51(54-50)40-32-33-45(42-23-11-10-22-41(42)37-18-6-2-7-19-37)48(34-40)55-46-26-14-12-24-43(46)44-25-13-15-27-47(44)55/h1-34H. The molecule has 2 aromatic heterocycles. The summed E-state index contributed by atoms with van der Waals surface area (Å²) in [5.74, 6) is 1.87. The van der Waals surface area contributed by atoms with Crippen molar-refractivity contribution in [1.29, 1.82) is 0 Å². The van der Waals surface area contributed by atoms with Gasteiger partial charge in [-0.25, -0.2) is 15.0 Å². The SMILES string of the molecule is c1ccc(-c2ccc(-c3nc(-c4ccccc4)nc(-c4ccc(-c5ccccc5-c5ccccc5)c(-n5c6ccccc6c6ccccc65)c4)n3)cc2)cc1. The molecular formula is C51H34N4. The number of aromatic nitrogens is 4. The van der Waals surface area contributed by atoms with Crippen molar-refractivity contribution in [3.8, 4) is 73.2 Å². The molecule has 10 rings (SSSR count). The van der Waals surface area contributed by atoms with Gasteiger partial charge >= 0.3 is 0 Å². The molecule has 0 radical (unpaired) electrons. The molecular weight excluding hydrogens is 669 g/mol. The van der Waals surface area contributed by atoms with E-state index in [2.05, 4.69) is 187 Å². The monoisotopic (exact) mass is 702 g/mol. The van der Waals surface area contributed by atoms with Crippen molar-refractivity contribution >= 4 is 21.8 Å². The van der Waals surface area contributed by atoms with E-state index in [1.807, 2.05) is 24.3 Å². The summed E-state index contributed by atoms with van der Waals surface area (Å²) in [6.07, 6.45) is 0. The Balaban J connectivity index is 1.21. The lowest BCUT2D eigenvalue weighted by atomic mass is 9.92. The summed E-state index contributed by atoms with van der Waals surface area (Å²) in [6, 6.07) is 72.3. The van der Waals surface area contributed by atoms with Crippen molar-refractivity contribution < 1.29 is 0 Å². The van der Waals surface area contributed by atoms with Gasteiger partial charge in [-0.05, 0) is 46.0 Å². The molecule has 0 saturated heterocycles. The topological polar surface area (TPSA) is 43.6 Å². The third kappa shape index (κ3) is 5.96. The Bertz CT molecular complexity index is 2900. The normalized spacial score (nSPS) is 11.3. The van der Waals surface area contributed by atoms with Crippen molar-refractivity contribution in [2.75, 3.05) is 0 Å². The van der Waals surface area contributed by atoms with Crippen LogP contribution >= 0.6 is 0 Å². The van der Waals surface area contributed by atoms with Crippen molar-refractivity contribution in [2.24, 2.45) is 0 Å². The molecule has 10 aromatic rings. The molecule has 258 valence electrons. The summed E-state index contributed by atoms with van der Waals surface area (Å²) >= 11 is 0. The highest BCUT2D eigenvalue weighted by molar-refractivity contribution is 6.10. The maximum Gasteiger partial charge on any atom is 0.164 e. The summed E-state index contributed by atoms with van der Waals surface area (Å²) in [7, 11) is 0. The second kappa shape index (κ2) is 13.8. The van der Waals surface area contributed by atoms with Crippen LogP contribution in [0, 0.1) is 0 Å². The van der Waals surface area contributed by atoms with Crippen LogP contribution in [0.5, 0.6) is 0 Å². The molecule has 4 nitrogen and oxygen atoms in total. The quantitative estimate of drug-likeness (QED) is 0.166. The second-order valence-electron chi connectivity index (χ2n) is 13.6. The molecule has 0 unspecified atom stereocenters. The predicted molar refractivity (Wildman–Crippen MR) is 227 cm³/mol. The Kier molecular flexibility index (Phi) is 8.12. The fourth-order valence-electron chi connectivity index (χ4n) is 7.65. The molecule has 0 N–H and O–H groups in total. The van der Waals surface area contributed by atoms with E-state index in [1.54, 1.807) is 0 Å². The zero-order valence-electron chi connectivity index (χ0n) is 29.9. The average molecular weight is 703 g/mol. The van der Waals surface area contributed by atoms with Crippen LogP contribution < -0.4 is 0 Å². The van der Waals surface area contributed by atoms with Crippen LogP contribution in [0.25, 0.3) is 95.0 Å². The van der Waals surface area contributed by atoms with Crippen molar-refractivity contribution in [2.45, 2.75) is 0 Å². The van der Waals surface area contributed by atoms with Crippen LogP contribution in [0.4, 0.5) is 0 Å². The van der Waals surface area contributed by atoms with Gasteiger partial charge in [0.05, 0.1) is 16.7 Å². The van der Waals surface area contributed by atoms with Gasteiger partial charge in [0.25, 0.3) is 0 Å². The van der Waals surface area contributed by atoms with E-state index in [9.17, 15) is 0 Å². The molecule has 0 saturated carbocycles. The van der Waals surface area contributed by atoms with Gasteiger partial charge in [-0.3, -0.25) is 0 Å². The van der Waals surface area contributed by atoms with Crippen molar-refractivity contribution in [1.82, 2.24) is 19.5 Å². The lowest BCUT2D eigenvalue weighted by molar-refractivity contribution is 1.07. The Hall–Kier alpha value is -7.43. The molecule has 0 aliphatic rings. The van der Waals surface area contributed by atoms with Gasteiger partial charge in [0.1, 0.15) is 0 Å². The van der Waals surface area contributed by atoms with Gasteiger partial charge < -0.3 is 4.57 Å². The molecule has 0 aliphatic heterocycles. The first-order chi connectivity index (χ1) is 27.3. The van der Waals surface area contributed by atoms with Crippen LogP contribution in [-0.2, 0) is 0 Å². The van der Waals surface area contributed by atoms with Gasteiger partial charge in [-0.1, -0.05) is 188 Å². The van der Waals surface area contributed by atoms with Crippen molar-refractivity contribution in [3.05, 3.63) is 206 Å². The Morgan fingerprint density at radius 2 is 0.673 bits per heavy atom. The summed E-state index contributed by atoms with van der Waals surface area (Å²) < 4.78 is 2.40. The Morgan fingerprint density at radius 1 is 0.273 bits per heavy atom. The van der Waals surface area contributed by atoms with Gasteiger partial charge in [0.15, 0.2) is 17.5 Å². The Morgan fingerprint density at radius 3 is 1.27 bits per heavy atom. The van der Waals surface area contributed by atoms with Gasteiger partial charge in [-0.15, -0.1) is 0 Å². The van der Waals surface area contributed by atoms with Crippen LogP contribution in [0.2, 0.25) is 0 Å². The van der Waals surface area contributed by atoms with E-state index >= 15 is 0 Å². The molecule has 4 heteroatoms. The van der Waals surface area contributed by atoms with Crippen LogP contribution in [0.15, 0.2) is 206 Å². The van der Waals surface area contributed by atoms with Crippen LogP contribution in [-0.4, -0.2) is 19.5 Å². The summed E-state index contributed by atoms with van der Waals surface area (Å²) in [5.41, 5.74) is 13.0. The van der Waals surface area contributed by atoms with E-state index in [1.165, 1.54) is 27.5 Å². The lowest BCUT2D eigenvalue weighted by Crippen LogP contribution is -2.02. The number of rotatable bonds is 7. The zero-order valence-corrected chi connectivity index (χ0v) is 29.9. The lowest BCUT2D eigenvalue weighted by Gasteiger charge is -2.18. The maximum atomic E-state index is 5.18. The minimum absolute atomic E-state index is 0.612. The van der Waals surface area contributed by atoms with Gasteiger partial charge in [0.2, 0.25) is 0 Å². The predicted octanol–water partition coefficient (Wildman–Crippen LogP) is 13.0. The highest BCUT2D eigenvalue weighted by Gasteiger charge is 2.20. The molecule has 2 heterocycles. The molecule has 0 aliphatic carbocycles. The number of hydrogen-bond donors (Lipinski definition) is 0. The van der Waals surface area contributed by atoms with E-state index < -0.39 is 0 Å². The molecule has 55 heavy (non-hydrogen) atoms. The number of nitrogens with zero attached hydrogens (tertiary/aromatic N) is 4. The highest BCUT2D eigenvalue weighted by atomic mass is 15.0. The third-order valence-corrected chi connectivity index (χ3v) is 10.3. The van der Waals surface area contributed by atoms with E-state index in [-0.39, 0.29) is 0 Å². The first-order valence-electron chi connectivity index (χ1n) is 18.5. The fourth-order valence-corrected chi connectivity index (χ4v) is 7.65. The fraction of sp³-hybridized carbons (Fsp3) is 0. The summed E-state index contributed by atoms with van der Waals surface area (Å²) in [5, 5.41) is 2.41. The van der Waals surface area contributed by atoms with E-state index in [0.717, 1.165) is 50.1 Å². The molecule has 0 bridgehead atoms. The molecule has 0 fully saturated rings. The van der Waals surface area contributed by atoms with Crippen LogP contribution in [0.3, 0.4) is 0 Å². The zero-order chi connectivity index (χ0) is 36.6. The Labute approximate surface area is 319 Å². The highest BCUT2D eigenvalue weighted by Crippen LogP contribution is 2.41. The van der Waals surface area contributed by atoms with Gasteiger partial charge in [0, 0.05) is 33.0 Å². The summed E-state index contributed by atoms with van der Waals surface area (Å²) in [4.78, 5) is 15.4. The molecule has 0 atom stereocenters. The number of hydrogen-bond acceptors (Lipinski definition) is 3. The number of para-hydroxylation sites is 2. The van der Waals surface area contributed by atoms with E-state index in [0.29, 0.717) is 17.5 Å². The smallest absolute Gasteiger partial charge is 0.164 e. The van der Waals surface area contributed by atoms with Gasteiger partial charge in [-0.2, -0.15) is 0 Å². The second-order valence-corrected chi connectivity index (χ2v) is 13.6. The summed E-state index contributed by atoms with van der Waals surface area (Å²) in [6.45, 7) is 0. The minimum Gasteiger partial charge on any atom is -0.309 e. The number of benzene rings is 8. The van der Waals surface area contributed by atoms with Crippen molar-refractivity contribution in [3.63, 3.8) is 0 Å². The number of fused-ring (bicyclic) bond motifs is 3. The van der Waals surface area contributed by atoms with Crippen LogP contribution in [0.1, 0.15) is 0 Å².